The molecule has 0 aromatic rings. The van der Waals surface area contributed by atoms with Gasteiger partial charge in [-0.1, -0.05) is 5.92 Å². The fraction of sp³-hybridized carbons (Fsp3) is 0.500. The van der Waals surface area contributed by atoms with Gasteiger partial charge in [-0.2, -0.15) is 0 Å². The number of carbonyl (C=O) groups is 2. The number of rotatable bonds is 1. The van der Waals surface area contributed by atoms with Gasteiger partial charge < -0.3 is 9.64 Å². The number of nitrogens with zero attached hydrogens (tertiary/aromatic N) is 1. The predicted octanol–water partition coefficient (Wildman–Crippen LogP) is 0.458. The number of halogens is 1. The number of amides is 1. The van der Waals surface area contributed by atoms with Crippen LogP contribution in [0.25, 0.3) is 0 Å². The van der Waals surface area contributed by atoms with E-state index in [9.17, 15) is 9.59 Å². The van der Waals surface area contributed by atoms with Crippen LogP contribution in [-0.4, -0.2) is 41.6 Å². The monoisotopic (exact) mass is 325 g/mol. The van der Waals surface area contributed by atoms with E-state index in [1.807, 2.05) is 22.6 Å². The van der Waals surface area contributed by atoms with Gasteiger partial charge in [0.15, 0.2) is 6.61 Å². The van der Waals surface area contributed by atoms with Crippen molar-refractivity contribution in [1.82, 2.24) is 4.90 Å². The third kappa shape index (κ3) is 3.38. The molecule has 0 saturated carbocycles. The molecule has 0 unspecified atom stereocenters. The molecule has 14 heavy (non-hydrogen) atoms. The van der Waals surface area contributed by atoms with Gasteiger partial charge in [-0.3, -0.25) is 4.79 Å². The molecule has 0 N–H and O–H groups in total. The van der Waals surface area contributed by atoms with Gasteiger partial charge in [0.2, 0.25) is 0 Å². The second-order valence-corrected chi connectivity index (χ2v) is 4.07. The summed E-state index contributed by atoms with van der Waals surface area (Å²) in [4.78, 5) is 23.9. The van der Waals surface area contributed by atoms with Crippen molar-refractivity contribution in [3.63, 3.8) is 0 Å². The number of ether oxygens (including phenoxy) is 1. The molecular weight excluding hydrogens is 317 g/mol. The minimum Gasteiger partial charge on any atom is -0.445 e. The summed E-state index contributed by atoms with van der Waals surface area (Å²) in [6, 6.07) is 0. The zero-order valence-electron chi connectivity index (χ0n) is 7.29. The highest BCUT2D eigenvalue weighted by molar-refractivity contribution is 14.1. The fourth-order valence-electron chi connectivity index (χ4n) is 0.894. The third-order valence-electron chi connectivity index (χ3n) is 1.56. The van der Waals surface area contributed by atoms with E-state index >= 15 is 0 Å². The second-order valence-electron chi connectivity index (χ2n) is 2.45. The van der Waals surface area contributed by atoms with Crippen LogP contribution in [0.15, 0.2) is 0 Å². The third-order valence-corrected chi connectivity index (χ3v) is 2.90. The second kappa shape index (κ2) is 6.14. The molecule has 0 spiro atoms. The Bertz CT molecular complexity index is 291. The van der Waals surface area contributed by atoms with E-state index in [-0.39, 0.29) is 6.61 Å². The molecule has 0 radical (unpaired) electrons. The number of esters is 1. The van der Waals surface area contributed by atoms with Crippen molar-refractivity contribution in [2.45, 2.75) is 0 Å². The van der Waals surface area contributed by atoms with E-state index < -0.39 is 11.9 Å². The van der Waals surface area contributed by atoms with Gasteiger partial charge in [0, 0.05) is 34.9 Å². The first-order valence-electron chi connectivity index (χ1n) is 3.88. The van der Waals surface area contributed by atoms with Crippen LogP contribution in [0.2, 0.25) is 0 Å². The maximum atomic E-state index is 11.3. The van der Waals surface area contributed by atoms with Crippen LogP contribution in [0.3, 0.4) is 0 Å². The van der Waals surface area contributed by atoms with Crippen molar-refractivity contribution in [3.8, 4) is 9.85 Å². The van der Waals surface area contributed by atoms with Crippen LogP contribution in [0.1, 0.15) is 0 Å². The van der Waals surface area contributed by atoms with E-state index in [0.717, 1.165) is 5.75 Å². The van der Waals surface area contributed by atoms with Crippen LogP contribution >= 0.6 is 34.4 Å². The number of thioether (sulfide) groups is 1. The van der Waals surface area contributed by atoms with Crippen molar-refractivity contribution >= 4 is 46.2 Å². The lowest BCUT2D eigenvalue weighted by molar-refractivity contribution is -0.158. The Hall–Kier alpha value is -0.420. The lowest BCUT2D eigenvalue weighted by Gasteiger charge is -2.11. The van der Waals surface area contributed by atoms with Crippen LogP contribution in [0.5, 0.6) is 0 Å². The molecule has 0 aliphatic carbocycles. The number of carbonyl (C=O) groups excluding carboxylic acids is 2. The molecule has 1 saturated heterocycles. The largest absolute Gasteiger partial charge is 0.445 e. The Kier molecular flexibility index (Phi) is 5.11. The molecule has 76 valence electrons. The van der Waals surface area contributed by atoms with Crippen molar-refractivity contribution in [2.24, 2.45) is 0 Å². The number of hydrogen-bond donors (Lipinski definition) is 0. The van der Waals surface area contributed by atoms with Crippen molar-refractivity contribution in [1.29, 1.82) is 0 Å². The molecule has 6 heteroatoms. The molecule has 4 nitrogen and oxygen atoms in total. The van der Waals surface area contributed by atoms with Gasteiger partial charge in [-0.15, -0.1) is 11.8 Å². The minimum absolute atomic E-state index is 0.0193. The summed E-state index contributed by atoms with van der Waals surface area (Å²) in [5, 5.41) is 0. The van der Waals surface area contributed by atoms with Gasteiger partial charge in [0.1, 0.15) is 0 Å². The van der Waals surface area contributed by atoms with Crippen LogP contribution < -0.4 is 0 Å². The van der Waals surface area contributed by atoms with E-state index in [2.05, 4.69) is 14.6 Å². The molecule has 1 fully saturated rings. The highest BCUT2D eigenvalue weighted by Gasteiger charge is 2.25. The normalized spacial score (nSPS) is 14.5. The standard InChI is InChI=1S/C8H8INO3S/c9-2-1-4-13-8(12)7(11)10-3-5-14-6-10/h3-6H2. The zero-order chi connectivity index (χ0) is 10.4. The first kappa shape index (κ1) is 11.7. The molecule has 1 rings (SSSR count). The molecule has 0 aromatic heterocycles. The van der Waals surface area contributed by atoms with Gasteiger partial charge in [-0.05, 0) is 3.93 Å². The summed E-state index contributed by atoms with van der Waals surface area (Å²) < 4.78 is 7.18. The molecule has 1 amide bonds. The molecule has 1 aliphatic heterocycles. The SMILES string of the molecule is O=C(OCC#CI)C(=O)N1CCSC1. The van der Waals surface area contributed by atoms with Crippen molar-refractivity contribution in [2.75, 3.05) is 24.8 Å². The Morgan fingerprint density at radius 2 is 2.36 bits per heavy atom. The van der Waals surface area contributed by atoms with Gasteiger partial charge in [-0.25, -0.2) is 4.79 Å². The lowest BCUT2D eigenvalue weighted by atomic mass is 10.5. The molecule has 1 heterocycles. The maximum absolute atomic E-state index is 11.3. The Labute approximate surface area is 99.9 Å². The summed E-state index contributed by atoms with van der Waals surface area (Å²) in [6.07, 6.45) is 0. The first-order chi connectivity index (χ1) is 6.75. The van der Waals surface area contributed by atoms with E-state index in [1.165, 1.54) is 4.90 Å². The minimum atomic E-state index is -0.813. The summed E-state index contributed by atoms with van der Waals surface area (Å²) in [5.74, 6) is 2.62. The van der Waals surface area contributed by atoms with Crippen LogP contribution in [-0.2, 0) is 14.3 Å². The zero-order valence-corrected chi connectivity index (χ0v) is 10.3. The highest BCUT2D eigenvalue weighted by atomic mass is 127. The topological polar surface area (TPSA) is 46.6 Å². The fourth-order valence-corrected chi connectivity index (χ4v) is 1.99. The van der Waals surface area contributed by atoms with E-state index in [0.29, 0.717) is 12.4 Å². The molecule has 0 bridgehead atoms. The lowest BCUT2D eigenvalue weighted by Crippen LogP contribution is -2.35. The summed E-state index contributed by atoms with van der Waals surface area (Å²) in [5.41, 5.74) is 0. The Morgan fingerprint density at radius 3 is 2.93 bits per heavy atom. The maximum Gasteiger partial charge on any atom is 0.398 e. The number of hydrogen-bond acceptors (Lipinski definition) is 4. The van der Waals surface area contributed by atoms with Crippen LogP contribution in [0, 0.1) is 9.85 Å². The van der Waals surface area contributed by atoms with Gasteiger partial charge in [0.25, 0.3) is 0 Å². The van der Waals surface area contributed by atoms with E-state index in [4.69, 9.17) is 0 Å². The summed E-state index contributed by atoms with van der Waals surface area (Å²) in [6.45, 7) is 0.602. The molecule has 1 aliphatic rings. The first-order valence-corrected chi connectivity index (χ1v) is 6.11. The molecular formula is C8H8INO3S. The van der Waals surface area contributed by atoms with Crippen molar-refractivity contribution in [3.05, 3.63) is 0 Å². The Balaban J connectivity index is 2.34. The summed E-state index contributed by atoms with van der Waals surface area (Å²) >= 11 is 3.46. The van der Waals surface area contributed by atoms with E-state index in [1.54, 1.807) is 11.8 Å². The molecule has 0 aromatic carbocycles. The van der Waals surface area contributed by atoms with Gasteiger partial charge in [0.05, 0.1) is 5.88 Å². The van der Waals surface area contributed by atoms with Crippen molar-refractivity contribution < 1.29 is 14.3 Å². The average Bonchev–Trinajstić information content (AvgIpc) is 2.69. The Morgan fingerprint density at radius 1 is 1.57 bits per heavy atom. The van der Waals surface area contributed by atoms with Gasteiger partial charge >= 0.3 is 11.9 Å². The quantitative estimate of drug-likeness (QED) is 0.304. The molecule has 0 atom stereocenters. The summed E-state index contributed by atoms with van der Waals surface area (Å²) in [7, 11) is 0. The predicted molar refractivity (Wildman–Crippen MR) is 61.8 cm³/mol. The smallest absolute Gasteiger partial charge is 0.398 e. The van der Waals surface area contributed by atoms with Crippen LogP contribution in [0.4, 0.5) is 0 Å². The highest BCUT2D eigenvalue weighted by Crippen LogP contribution is 2.13. The average molecular weight is 325 g/mol.